The molecule has 1 amide bonds. The molecule has 0 radical (unpaired) electrons. The maximum absolute atomic E-state index is 14.2. The lowest BCUT2D eigenvalue weighted by atomic mass is 9.94. The van der Waals surface area contributed by atoms with Gasteiger partial charge >= 0.3 is 0 Å². The van der Waals surface area contributed by atoms with Gasteiger partial charge in [0.15, 0.2) is 0 Å². The summed E-state index contributed by atoms with van der Waals surface area (Å²) in [7, 11) is 0. The van der Waals surface area contributed by atoms with Crippen molar-refractivity contribution in [2.45, 2.75) is 39.2 Å². The van der Waals surface area contributed by atoms with Gasteiger partial charge in [0.25, 0.3) is 0 Å². The van der Waals surface area contributed by atoms with E-state index in [0.29, 0.717) is 30.4 Å². The Morgan fingerprint density at radius 3 is 2.56 bits per heavy atom. The van der Waals surface area contributed by atoms with E-state index in [1.165, 1.54) is 12.1 Å². The molecule has 0 bridgehead atoms. The highest BCUT2D eigenvalue weighted by atomic mass is 19.1. The van der Waals surface area contributed by atoms with Crippen LogP contribution in [0.2, 0.25) is 0 Å². The Labute approximate surface area is 161 Å². The van der Waals surface area contributed by atoms with Crippen LogP contribution >= 0.6 is 0 Å². The normalized spacial score (nSPS) is 19.8. The van der Waals surface area contributed by atoms with E-state index in [2.05, 4.69) is 24.8 Å². The second-order valence-corrected chi connectivity index (χ2v) is 7.85. The molecule has 0 atom stereocenters. The summed E-state index contributed by atoms with van der Waals surface area (Å²) in [4.78, 5) is 19.4. The predicted molar refractivity (Wildman–Crippen MR) is 104 cm³/mol. The van der Waals surface area contributed by atoms with Gasteiger partial charge in [0.1, 0.15) is 5.82 Å². The van der Waals surface area contributed by atoms with E-state index in [0.717, 1.165) is 45.4 Å². The lowest BCUT2D eigenvalue weighted by Gasteiger charge is -2.35. The van der Waals surface area contributed by atoms with Gasteiger partial charge in [0, 0.05) is 51.2 Å². The van der Waals surface area contributed by atoms with Crippen molar-refractivity contribution in [3.63, 3.8) is 0 Å². The Bertz CT molecular complexity index is 707. The number of nitriles is 1. The molecule has 0 unspecified atom stereocenters. The fourth-order valence-corrected chi connectivity index (χ4v) is 4.12. The van der Waals surface area contributed by atoms with Crippen LogP contribution < -0.4 is 4.90 Å². The zero-order chi connectivity index (χ0) is 19.4. The second kappa shape index (κ2) is 8.71. The van der Waals surface area contributed by atoms with Crippen LogP contribution in [0.25, 0.3) is 0 Å². The fraction of sp³-hybridized carbons (Fsp3) is 0.619. The molecule has 3 rings (SSSR count). The average Bonchev–Trinajstić information content (AvgIpc) is 2.94. The van der Waals surface area contributed by atoms with Crippen molar-refractivity contribution in [3.8, 4) is 6.07 Å². The summed E-state index contributed by atoms with van der Waals surface area (Å²) in [5.41, 5.74) is 0.936. The molecule has 0 N–H and O–H groups in total. The van der Waals surface area contributed by atoms with Gasteiger partial charge in [-0.1, -0.05) is 0 Å². The number of carbonyl (C=O) groups is 1. The third-order valence-electron chi connectivity index (χ3n) is 5.83. The lowest BCUT2D eigenvalue weighted by Crippen LogP contribution is -2.44. The standard InChI is InChI=1S/C21H29FN4O/c1-16(2)24-8-3-9-26(13-12-24)21(27)18-6-10-25(11-7-18)20-14-17(15-23)4-5-19(20)22/h4-5,14,16,18H,3,6-13H2,1-2H3. The van der Waals surface area contributed by atoms with Crippen molar-refractivity contribution in [2.75, 3.05) is 44.2 Å². The summed E-state index contributed by atoms with van der Waals surface area (Å²) in [6.45, 7) is 9.32. The molecule has 0 saturated carbocycles. The average molecular weight is 372 g/mol. The number of piperidine rings is 1. The first-order valence-corrected chi connectivity index (χ1v) is 9.97. The Hall–Kier alpha value is -2.13. The number of amides is 1. The molecule has 6 heteroatoms. The molecule has 2 aliphatic rings. The smallest absolute Gasteiger partial charge is 0.225 e. The minimum Gasteiger partial charge on any atom is -0.369 e. The Kier molecular flexibility index (Phi) is 6.33. The van der Waals surface area contributed by atoms with Crippen molar-refractivity contribution >= 4 is 11.6 Å². The third-order valence-corrected chi connectivity index (χ3v) is 5.83. The summed E-state index contributed by atoms with van der Waals surface area (Å²) < 4.78 is 14.2. The van der Waals surface area contributed by atoms with Gasteiger partial charge in [-0.2, -0.15) is 5.26 Å². The van der Waals surface area contributed by atoms with Crippen LogP contribution in [0.15, 0.2) is 18.2 Å². The van der Waals surface area contributed by atoms with Gasteiger partial charge < -0.3 is 9.80 Å². The third kappa shape index (κ3) is 4.59. The van der Waals surface area contributed by atoms with Crippen LogP contribution in [0.1, 0.15) is 38.7 Å². The van der Waals surface area contributed by atoms with Gasteiger partial charge in [-0.3, -0.25) is 9.69 Å². The van der Waals surface area contributed by atoms with Gasteiger partial charge in [-0.15, -0.1) is 0 Å². The highest BCUT2D eigenvalue weighted by molar-refractivity contribution is 5.79. The first kappa shape index (κ1) is 19.6. The zero-order valence-electron chi connectivity index (χ0n) is 16.3. The van der Waals surface area contributed by atoms with Crippen LogP contribution in [-0.4, -0.2) is 61.0 Å². The number of carbonyl (C=O) groups excluding carboxylic acids is 1. The predicted octanol–water partition coefficient (Wildman–Crippen LogP) is 2.86. The minimum atomic E-state index is -0.305. The molecule has 5 nitrogen and oxygen atoms in total. The molecule has 2 fully saturated rings. The molecule has 1 aromatic carbocycles. The van der Waals surface area contributed by atoms with E-state index >= 15 is 0 Å². The number of rotatable bonds is 3. The molecule has 2 heterocycles. The van der Waals surface area contributed by atoms with E-state index in [9.17, 15) is 9.18 Å². The number of nitrogens with zero attached hydrogens (tertiary/aromatic N) is 4. The molecule has 1 aromatic rings. The minimum absolute atomic E-state index is 0.0223. The highest BCUT2D eigenvalue weighted by Crippen LogP contribution is 2.28. The fourth-order valence-electron chi connectivity index (χ4n) is 4.12. The van der Waals surface area contributed by atoms with Crippen LogP contribution in [-0.2, 0) is 4.79 Å². The second-order valence-electron chi connectivity index (χ2n) is 7.85. The quantitative estimate of drug-likeness (QED) is 0.819. The van der Waals surface area contributed by atoms with Crippen molar-refractivity contribution in [3.05, 3.63) is 29.6 Å². The molecule has 0 spiro atoms. The highest BCUT2D eigenvalue weighted by Gasteiger charge is 2.30. The summed E-state index contributed by atoms with van der Waals surface area (Å²) >= 11 is 0. The molecular weight excluding hydrogens is 343 g/mol. The van der Waals surface area contributed by atoms with Crippen LogP contribution in [0.4, 0.5) is 10.1 Å². The van der Waals surface area contributed by atoms with Gasteiger partial charge in [-0.25, -0.2) is 4.39 Å². The largest absolute Gasteiger partial charge is 0.369 e. The number of benzene rings is 1. The van der Waals surface area contributed by atoms with Gasteiger partial charge in [-0.05, 0) is 51.3 Å². The van der Waals surface area contributed by atoms with Crippen molar-refractivity contribution < 1.29 is 9.18 Å². The van der Waals surface area contributed by atoms with Crippen LogP contribution in [0, 0.1) is 23.1 Å². The van der Waals surface area contributed by atoms with E-state index in [1.807, 2.05) is 9.80 Å². The van der Waals surface area contributed by atoms with Crippen LogP contribution in [0.5, 0.6) is 0 Å². The van der Waals surface area contributed by atoms with E-state index in [-0.39, 0.29) is 17.6 Å². The van der Waals surface area contributed by atoms with Crippen molar-refractivity contribution in [2.24, 2.45) is 5.92 Å². The van der Waals surface area contributed by atoms with Crippen molar-refractivity contribution in [1.82, 2.24) is 9.80 Å². The first-order valence-electron chi connectivity index (χ1n) is 9.97. The monoisotopic (exact) mass is 372 g/mol. The molecule has 0 aromatic heterocycles. The maximum atomic E-state index is 14.2. The number of hydrogen-bond donors (Lipinski definition) is 0. The zero-order valence-corrected chi connectivity index (χ0v) is 16.3. The van der Waals surface area contributed by atoms with Gasteiger partial charge in [0.2, 0.25) is 5.91 Å². The SMILES string of the molecule is CC(C)N1CCCN(C(=O)C2CCN(c3cc(C#N)ccc3F)CC2)CC1. The lowest BCUT2D eigenvalue weighted by molar-refractivity contribution is -0.136. The first-order chi connectivity index (χ1) is 13.0. The molecule has 2 aliphatic heterocycles. The number of anilines is 1. The Balaban J connectivity index is 1.57. The Morgan fingerprint density at radius 1 is 1.15 bits per heavy atom. The summed E-state index contributed by atoms with van der Waals surface area (Å²) in [5.74, 6) is -0.0272. The molecule has 0 aliphatic carbocycles. The topological polar surface area (TPSA) is 50.6 Å². The number of hydrogen-bond acceptors (Lipinski definition) is 4. The van der Waals surface area contributed by atoms with Crippen LogP contribution in [0.3, 0.4) is 0 Å². The summed E-state index contributed by atoms with van der Waals surface area (Å²) in [6, 6.07) is 7.03. The molecule has 2 saturated heterocycles. The number of halogens is 1. The summed E-state index contributed by atoms with van der Waals surface area (Å²) in [5, 5.41) is 9.04. The van der Waals surface area contributed by atoms with E-state index in [4.69, 9.17) is 5.26 Å². The maximum Gasteiger partial charge on any atom is 0.225 e. The van der Waals surface area contributed by atoms with Gasteiger partial charge in [0.05, 0.1) is 17.3 Å². The van der Waals surface area contributed by atoms with E-state index < -0.39 is 0 Å². The van der Waals surface area contributed by atoms with E-state index in [1.54, 1.807) is 6.07 Å². The Morgan fingerprint density at radius 2 is 1.89 bits per heavy atom. The molecule has 146 valence electrons. The van der Waals surface area contributed by atoms with Crippen molar-refractivity contribution in [1.29, 1.82) is 5.26 Å². The summed E-state index contributed by atoms with van der Waals surface area (Å²) in [6.07, 6.45) is 2.49. The molecule has 27 heavy (non-hydrogen) atoms. The molecular formula is C21H29FN4O.